The average molecular weight is 288 g/mol. The molecule has 108 valence electrons. The number of nitrogens with one attached hydrogen (secondary N) is 2. The quantitative estimate of drug-likeness (QED) is 0.658. The van der Waals surface area contributed by atoms with E-state index in [2.05, 4.69) is 10.6 Å². The molecule has 1 aliphatic heterocycles. The number of amides is 1. The lowest BCUT2D eigenvalue weighted by atomic mass is 9.83. The third-order valence-electron chi connectivity index (χ3n) is 3.54. The Kier molecular flexibility index (Phi) is 3.12. The van der Waals surface area contributed by atoms with Gasteiger partial charge in [0.15, 0.2) is 11.9 Å². The molecular formula is C15H13FN2O3. The van der Waals surface area contributed by atoms with Crippen molar-refractivity contribution in [1.82, 2.24) is 10.6 Å². The highest BCUT2D eigenvalue weighted by atomic mass is 19.1. The third kappa shape index (κ3) is 2.14. The highest BCUT2D eigenvalue weighted by molar-refractivity contribution is 5.93. The van der Waals surface area contributed by atoms with E-state index < -0.39 is 23.6 Å². The molecule has 2 aromatic rings. The number of aromatic hydroxyl groups is 1. The minimum absolute atomic E-state index is 0.0620. The third-order valence-corrected chi connectivity index (χ3v) is 3.54. The fourth-order valence-electron chi connectivity index (χ4n) is 2.55. The van der Waals surface area contributed by atoms with Gasteiger partial charge in [-0.25, -0.2) is 4.39 Å². The van der Waals surface area contributed by atoms with Crippen molar-refractivity contribution in [2.24, 2.45) is 0 Å². The zero-order valence-electron chi connectivity index (χ0n) is 10.9. The van der Waals surface area contributed by atoms with Gasteiger partial charge in [0.1, 0.15) is 11.6 Å². The first-order valence-corrected chi connectivity index (χ1v) is 6.34. The molecule has 3 rings (SSSR count). The van der Waals surface area contributed by atoms with E-state index in [-0.39, 0.29) is 5.75 Å². The molecule has 21 heavy (non-hydrogen) atoms. The number of rotatable bonds is 2. The lowest BCUT2D eigenvalue weighted by Gasteiger charge is -2.28. The Labute approximate surface area is 120 Å². The minimum Gasteiger partial charge on any atom is -0.508 e. The van der Waals surface area contributed by atoms with Gasteiger partial charge < -0.3 is 15.5 Å². The van der Waals surface area contributed by atoms with E-state index >= 15 is 0 Å². The lowest BCUT2D eigenvalue weighted by Crippen LogP contribution is -2.45. The topological polar surface area (TPSA) is 81.6 Å². The number of hydrogen-bond donors (Lipinski definition) is 4. The van der Waals surface area contributed by atoms with Gasteiger partial charge >= 0.3 is 0 Å². The molecule has 1 saturated heterocycles. The summed E-state index contributed by atoms with van der Waals surface area (Å²) < 4.78 is 13.1. The molecule has 1 amide bonds. The van der Waals surface area contributed by atoms with Crippen LogP contribution in [0, 0.1) is 5.82 Å². The predicted octanol–water partition coefficient (Wildman–Crippen LogP) is 0.770. The van der Waals surface area contributed by atoms with Crippen LogP contribution >= 0.6 is 0 Å². The molecule has 5 nitrogen and oxygen atoms in total. The van der Waals surface area contributed by atoms with E-state index in [9.17, 15) is 19.4 Å². The Balaban J connectivity index is 2.18. The highest BCUT2D eigenvalue weighted by Gasteiger charge is 2.48. The molecule has 2 atom stereocenters. The van der Waals surface area contributed by atoms with E-state index in [1.165, 1.54) is 36.4 Å². The number of carbonyl (C=O) groups excluding carboxylic acids is 1. The fourth-order valence-corrected chi connectivity index (χ4v) is 2.55. The summed E-state index contributed by atoms with van der Waals surface area (Å²) in [7, 11) is 0. The molecule has 1 fully saturated rings. The molecular weight excluding hydrogens is 275 g/mol. The van der Waals surface area contributed by atoms with Crippen LogP contribution in [0.15, 0.2) is 48.5 Å². The molecule has 6 heteroatoms. The average Bonchev–Trinajstić information content (AvgIpc) is 2.76. The van der Waals surface area contributed by atoms with E-state index in [1.54, 1.807) is 12.1 Å². The van der Waals surface area contributed by atoms with Crippen LogP contribution in [0.3, 0.4) is 0 Å². The van der Waals surface area contributed by atoms with Crippen molar-refractivity contribution in [3.63, 3.8) is 0 Å². The van der Waals surface area contributed by atoms with Crippen molar-refractivity contribution in [3.05, 3.63) is 65.5 Å². The summed E-state index contributed by atoms with van der Waals surface area (Å²) in [6.07, 6.45) is -1.21. The molecule has 0 spiro atoms. The zero-order valence-corrected chi connectivity index (χ0v) is 10.9. The molecule has 1 aliphatic rings. The summed E-state index contributed by atoms with van der Waals surface area (Å²) in [6, 6.07) is 11.5. The van der Waals surface area contributed by atoms with Gasteiger partial charge in [-0.15, -0.1) is 0 Å². The van der Waals surface area contributed by atoms with Gasteiger partial charge in [-0.3, -0.25) is 10.1 Å². The lowest BCUT2D eigenvalue weighted by molar-refractivity contribution is -0.123. The van der Waals surface area contributed by atoms with Crippen LogP contribution < -0.4 is 10.6 Å². The van der Waals surface area contributed by atoms with Crippen LogP contribution in [0.25, 0.3) is 0 Å². The summed E-state index contributed by atoms with van der Waals surface area (Å²) in [6.45, 7) is 0. The van der Waals surface area contributed by atoms with Crippen LogP contribution in [0.2, 0.25) is 0 Å². The fraction of sp³-hybridized carbons (Fsp3) is 0.133. The second-order valence-corrected chi connectivity index (χ2v) is 4.82. The molecule has 1 heterocycles. The highest BCUT2D eigenvalue weighted by Crippen LogP contribution is 2.34. The molecule has 4 N–H and O–H groups in total. The Morgan fingerprint density at radius 1 is 1.00 bits per heavy atom. The van der Waals surface area contributed by atoms with Gasteiger partial charge in [-0.05, 0) is 35.4 Å². The first kappa shape index (κ1) is 13.5. The van der Waals surface area contributed by atoms with Crippen LogP contribution in [0.1, 0.15) is 11.1 Å². The summed E-state index contributed by atoms with van der Waals surface area (Å²) in [5.41, 5.74) is -0.314. The number of aliphatic hydroxyl groups is 1. The number of phenols is 1. The normalized spacial score (nSPS) is 24.9. The predicted molar refractivity (Wildman–Crippen MR) is 72.6 cm³/mol. The smallest absolute Gasteiger partial charge is 0.252 e. The maximum atomic E-state index is 13.1. The molecule has 2 aromatic carbocycles. The van der Waals surface area contributed by atoms with E-state index in [1.807, 2.05) is 0 Å². The van der Waals surface area contributed by atoms with Gasteiger partial charge in [-0.1, -0.05) is 24.3 Å². The number of hydrogen-bond acceptors (Lipinski definition) is 4. The summed E-state index contributed by atoms with van der Waals surface area (Å²) in [5.74, 6) is -0.808. The first-order chi connectivity index (χ1) is 10.0. The monoisotopic (exact) mass is 288 g/mol. The zero-order chi connectivity index (χ0) is 15.0. The minimum atomic E-state index is -1.33. The Morgan fingerprint density at radius 3 is 2.00 bits per heavy atom. The SMILES string of the molecule is O=C1NC(O)N[C@]1(c1ccc(O)cc1)c1ccc(F)cc1. The van der Waals surface area contributed by atoms with Crippen molar-refractivity contribution in [1.29, 1.82) is 0 Å². The standard InChI is InChI=1S/C15H13FN2O3/c16-11-5-1-9(2-6-11)15(13(20)17-14(21)18-15)10-3-7-12(19)8-4-10/h1-8,14,18-19,21H,(H,17,20)/t14?,15-/m0/s1. The molecule has 1 unspecified atom stereocenters. The van der Waals surface area contributed by atoms with Gasteiger partial charge in [-0.2, -0.15) is 0 Å². The van der Waals surface area contributed by atoms with Gasteiger partial charge in [0, 0.05) is 0 Å². The molecule has 0 radical (unpaired) electrons. The van der Waals surface area contributed by atoms with Crippen molar-refractivity contribution in [2.75, 3.05) is 0 Å². The van der Waals surface area contributed by atoms with E-state index in [0.29, 0.717) is 11.1 Å². The summed E-state index contributed by atoms with van der Waals surface area (Å²) in [5, 5.41) is 24.3. The van der Waals surface area contributed by atoms with Crippen molar-refractivity contribution >= 4 is 5.91 Å². The number of carbonyl (C=O) groups is 1. The van der Waals surface area contributed by atoms with Crippen LogP contribution in [0.5, 0.6) is 5.75 Å². The van der Waals surface area contributed by atoms with Gasteiger partial charge in [0.2, 0.25) is 0 Å². The van der Waals surface area contributed by atoms with Crippen LogP contribution in [-0.2, 0) is 10.3 Å². The van der Waals surface area contributed by atoms with E-state index in [4.69, 9.17) is 0 Å². The number of phenolic OH excluding ortho intramolecular Hbond substituents is 1. The van der Waals surface area contributed by atoms with Crippen LogP contribution in [0.4, 0.5) is 4.39 Å². The number of halogens is 1. The Hall–Kier alpha value is -2.44. The first-order valence-electron chi connectivity index (χ1n) is 6.34. The van der Waals surface area contributed by atoms with Crippen molar-refractivity contribution in [3.8, 4) is 5.75 Å². The maximum absolute atomic E-state index is 13.1. The van der Waals surface area contributed by atoms with Gasteiger partial charge in [0.05, 0.1) is 0 Å². The second-order valence-electron chi connectivity index (χ2n) is 4.82. The molecule has 0 saturated carbocycles. The summed E-state index contributed by atoms with van der Waals surface area (Å²) in [4.78, 5) is 12.4. The second kappa shape index (κ2) is 4.83. The van der Waals surface area contributed by atoms with Crippen molar-refractivity contribution < 1.29 is 19.4 Å². The van der Waals surface area contributed by atoms with Crippen LogP contribution in [-0.4, -0.2) is 22.5 Å². The Bertz CT molecular complexity index is 625. The number of benzene rings is 2. The summed E-state index contributed by atoms with van der Waals surface area (Å²) >= 11 is 0. The number of aliphatic hydroxyl groups excluding tert-OH is 1. The van der Waals surface area contributed by atoms with E-state index in [0.717, 1.165) is 0 Å². The molecule has 0 bridgehead atoms. The largest absolute Gasteiger partial charge is 0.508 e. The van der Waals surface area contributed by atoms with Gasteiger partial charge in [0.25, 0.3) is 5.91 Å². The Morgan fingerprint density at radius 2 is 1.52 bits per heavy atom. The van der Waals surface area contributed by atoms with Crippen molar-refractivity contribution in [2.45, 2.75) is 11.9 Å². The molecule has 0 aliphatic carbocycles. The molecule has 0 aromatic heterocycles. The maximum Gasteiger partial charge on any atom is 0.252 e.